The molecule has 5 nitrogen and oxygen atoms in total. The molecule has 0 aromatic heterocycles. The Kier molecular flexibility index (Phi) is 3.30. The van der Waals surface area contributed by atoms with Crippen LogP contribution < -0.4 is 16.4 Å². The Hall–Kier alpha value is -1.75. The Balaban J connectivity index is 1.72. The monoisotopic (exact) mass is 275 g/mol. The predicted octanol–water partition coefficient (Wildman–Crippen LogP) is 1.73. The van der Waals surface area contributed by atoms with Gasteiger partial charge in [0.1, 0.15) is 0 Å². The van der Waals surface area contributed by atoms with Crippen LogP contribution in [-0.2, 0) is 11.2 Å². The molecule has 1 aromatic rings. The topological polar surface area (TPSA) is 87.4 Å². The Labute approximate surface area is 118 Å². The van der Waals surface area contributed by atoms with Crippen LogP contribution >= 0.6 is 0 Å². The van der Waals surface area contributed by atoms with Crippen LogP contribution in [0.25, 0.3) is 0 Å². The molecule has 0 atom stereocenters. The number of carbonyl (C=O) groups is 1. The molecule has 0 radical (unpaired) electrons. The molecule has 1 saturated carbocycles. The van der Waals surface area contributed by atoms with E-state index in [1.165, 1.54) is 12.8 Å². The summed E-state index contributed by atoms with van der Waals surface area (Å²) in [6.45, 7) is 1.09. The summed E-state index contributed by atoms with van der Waals surface area (Å²) in [5.41, 5.74) is 9.87. The summed E-state index contributed by atoms with van der Waals surface area (Å²) in [4.78, 5) is 11.4. The zero-order valence-corrected chi connectivity index (χ0v) is 11.5. The number of benzene rings is 1. The number of aryl methyl sites for hydroxylation is 1. The number of hydrogen-bond donors (Lipinski definition) is 4. The van der Waals surface area contributed by atoms with E-state index in [4.69, 9.17) is 10.8 Å². The van der Waals surface area contributed by atoms with Gasteiger partial charge in [0.15, 0.2) is 0 Å². The molecule has 20 heavy (non-hydrogen) atoms. The number of amides is 1. The van der Waals surface area contributed by atoms with E-state index in [-0.39, 0.29) is 17.9 Å². The van der Waals surface area contributed by atoms with Crippen molar-refractivity contribution < 1.29 is 9.90 Å². The maximum absolute atomic E-state index is 11.4. The van der Waals surface area contributed by atoms with E-state index < -0.39 is 0 Å². The largest absolute Gasteiger partial charge is 0.397 e. The van der Waals surface area contributed by atoms with Crippen LogP contribution in [0.15, 0.2) is 12.1 Å². The van der Waals surface area contributed by atoms with Gasteiger partial charge < -0.3 is 21.5 Å². The summed E-state index contributed by atoms with van der Waals surface area (Å²) in [5.74, 6) is 0.0532. The number of nitrogens with two attached hydrogens (primary N) is 1. The molecule has 1 heterocycles. The van der Waals surface area contributed by atoms with Gasteiger partial charge in [0.2, 0.25) is 5.91 Å². The first kappa shape index (κ1) is 13.2. The summed E-state index contributed by atoms with van der Waals surface area (Å²) in [5, 5.41) is 15.4. The van der Waals surface area contributed by atoms with Crippen LogP contribution in [0, 0.1) is 5.41 Å². The second kappa shape index (κ2) is 4.98. The number of hydrogen-bond acceptors (Lipinski definition) is 4. The van der Waals surface area contributed by atoms with Crippen molar-refractivity contribution in [3.05, 3.63) is 17.7 Å². The van der Waals surface area contributed by atoms with Crippen LogP contribution in [0.3, 0.4) is 0 Å². The van der Waals surface area contributed by atoms with Crippen molar-refractivity contribution in [2.75, 3.05) is 29.5 Å². The van der Waals surface area contributed by atoms with E-state index in [2.05, 4.69) is 10.6 Å². The number of fused-ring (bicyclic) bond motifs is 1. The average molecular weight is 275 g/mol. The molecule has 0 unspecified atom stereocenters. The van der Waals surface area contributed by atoms with E-state index in [9.17, 15) is 4.79 Å². The van der Waals surface area contributed by atoms with Crippen LogP contribution in [0.4, 0.5) is 17.1 Å². The van der Waals surface area contributed by atoms with Gasteiger partial charge in [-0.05, 0) is 48.8 Å². The Morgan fingerprint density at radius 3 is 2.85 bits per heavy atom. The molecule has 108 valence electrons. The SMILES string of the molecule is Nc1cc2c(cc1NCC1(CCO)CC1)CCC(=O)N2. The van der Waals surface area contributed by atoms with E-state index in [0.29, 0.717) is 12.1 Å². The van der Waals surface area contributed by atoms with Gasteiger partial charge in [-0.1, -0.05) is 0 Å². The highest BCUT2D eigenvalue weighted by Gasteiger charge is 2.41. The first-order chi connectivity index (χ1) is 9.62. The summed E-state index contributed by atoms with van der Waals surface area (Å²) < 4.78 is 0. The lowest BCUT2D eigenvalue weighted by molar-refractivity contribution is -0.116. The number of aliphatic hydroxyl groups is 1. The number of rotatable bonds is 5. The van der Waals surface area contributed by atoms with Crippen LogP contribution in [-0.4, -0.2) is 24.2 Å². The van der Waals surface area contributed by atoms with Crippen molar-refractivity contribution in [1.29, 1.82) is 0 Å². The van der Waals surface area contributed by atoms with Gasteiger partial charge in [0.25, 0.3) is 0 Å². The van der Waals surface area contributed by atoms with Crippen molar-refractivity contribution >= 4 is 23.0 Å². The lowest BCUT2D eigenvalue weighted by atomic mass is 10.00. The molecule has 1 amide bonds. The molecule has 5 heteroatoms. The minimum atomic E-state index is 0.0532. The molecule has 0 spiro atoms. The number of nitrogen functional groups attached to an aromatic ring is 1. The minimum absolute atomic E-state index is 0.0532. The third-order valence-corrected chi connectivity index (χ3v) is 4.42. The molecule has 1 aliphatic heterocycles. The van der Waals surface area contributed by atoms with Crippen molar-refractivity contribution in [3.8, 4) is 0 Å². The molecule has 2 aliphatic rings. The van der Waals surface area contributed by atoms with Gasteiger partial charge in [0.05, 0.1) is 11.4 Å². The molecular formula is C15H21N3O2. The molecule has 5 N–H and O–H groups in total. The van der Waals surface area contributed by atoms with Gasteiger partial charge in [-0.2, -0.15) is 0 Å². The number of carbonyl (C=O) groups excluding carboxylic acids is 1. The number of anilines is 3. The molecule has 0 bridgehead atoms. The normalized spacial score (nSPS) is 19.1. The van der Waals surface area contributed by atoms with Crippen molar-refractivity contribution in [3.63, 3.8) is 0 Å². The minimum Gasteiger partial charge on any atom is -0.397 e. The van der Waals surface area contributed by atoms with Gasteiger partial charge in [0, 0.05) is 25.3 Å². The predicted molar refractivity (Wildman–Crippen MR) is 79.7 cm³/mol. The lowest BCUT2D eigenvalue weighted by Gasteiger charge is -2.21. The summed E-state index contributed by atoms with van der Waals surface area (Å²) in [6, 6.07) is 3.87. The Morgan fingerprint density at radius 2 is 2.15 bits per heavy atom. The fraction of sp³-hybridized carbons (Fsp3) is 0.533. The highest BCUT2D eigenvalue weighted by molar-refractivity contribution is 5.95. The molecular weight excluding hydrogens is 254 g/mol. The van der Waals surface area contributed by atoms with Gasteiger partial charge in [-0.25, -0.2) is 0 Å². The van der Waals surface area contributed by atoms with E-state index in [1.807, 2.05) is 12.1 Å². The van der Waals surface area contributed by atoms with Crippen molar-refractivity contribution in [2.45, 2.75) is 32.1 Å². The first-order valence-electron chi connectivity index (χ1n) is 7.19. The van der Waals surface area contributed by atoms with Crippen molar-refractivity contribution in [1.82, 2.24) is 0 Å². The van der Waals surface area contributed by atoms with Gasteiger partial charge in [-0.15, -0.1) is 0 Å². The number of aliphatic hydroxyl groups excluding tert-OH is 1. The summed E-state index contributed by atoms with van der Waals surface area (Å²) >= 11 is 0. The average Bonchev–Trinajstić information content (AvgIpc) is 3.17. The van der Waals surface area contributed by atoms with Gasteiger partial charge in [-0.3, -0.25) is 4.79 Å². The zero-order valence-electron chi connectivity index (χ0n) is 11.5. The summed E-state index contributed by atoms with van der Waals surface area (Å²) in [6.07, 6.45) is 4.48. The number of nitrogens with one attached hydrogen (secondary N) is 2. The van der Waals surface area contributed by atoms with E-state index in [1.54, 1.807) is 0 Å². The molecule has 3 rings (SSSR count). The van der Waals surface area contributed by atoms with Crippen molar-refractivity contribution in [2.24, 2.45) is 5.41 Å². The quantitative estimate of drug-likeness (QED) is 0.616. The highest BCUT2D eigenvalue weighted by atomic mass is 16.3. The molecule has 1 fully saturated rings. The zero-order chi connectivity index (χ0) is 14.2. The second-order valence-electron chi connectivity index (χ2n) is 5.97. The van der Waals surface area contributed by atoms with Crippen LogP contribution in [0.5, 0.6) is 0 Å². The summed E-state index contributed by atoms with van der Waals surface area (Å²) in [7, 11) is 0. The maximum atomic E-state index is 11.4. The van der Waals surface area contributed by atoms with Crippen LogP contribution in [0.1, 0.15) is 31.2 Å². The van der Waals surface area contributed by atoms with E-state index >= 15 is 0 Å². The smallest absolute Gasteiger partial charge is 0.224 e. The third kappa shape index (κ3) is 2.58. The maximum Gasteiger partial charge on any atom is 0.224 e. The first-order valence-corrected chi connectivity index (χ1v) is 7.19. The van der Waals surface area contributed by atoms with E-state index in [0.717, 1.165) is 36.3 Å². The van der Waals surface area contributed by atoms with Crippen LogP contribution in [0.2, 0.25) is 0 Å². The second-order valence-corrected chi connectivity index (χ2v) is 5.97. The van der Waals surface area contributed by atoms with Gasteiger partial charge >= 0.3 is 0 Å². The highest BCUT2D eigenvalue weighted by Crippen LogP contribution is 2.48. The Bertz CT molecular complexity index is 538. The standard InChI is InChI=1S/C15H21N3O2/c16-11-8-12-10(1-2-14(20)18-12)7-13(11)17-9-15(3-4-15)5-6-19/h7-8,17,19H,1-6,9,16H2,(H,18,20). The third-order valence-electron chi connectivity index (χ3n) is 4.42. The fourth-order valence-corrected chi connectivity index (χ4v) is 2.81. The lowest BCUT2D eigenvalue weighted by Crippen LogP contribution is -2.21. The molecule has 0 saturated heterocycles. The fourth-order valence-electron chi connectivity index (χ4n) is 2.81. The molecule has 1 aromatic carbocycles. The molecule has 1 aliphatic carbocycles. The Morgan fingerprint density at radius 1 is 1.35 bits per heavy atom.